The molecule has 1 heterocycles. The highest BCUT2D eigenvalue weighted by molar-refractivity contribution is 5.76. The summed E-state index contributed by atoms with van der Waals surface area (Å²) in [5, 5.41) is 0. The van der Waals surface area contributed by atoms with E-state index in [4.69, 9.17) is 4.74 Å². The number of aryl methyl sites for hydroxylation is 1. The topological polar surface area (TPSA) is 9.23 Å². The lowest BCUT2D eigenvalue weighted by atomic mass is 9.77. The number of benzene rings is 2. The Morgan fingerprint density at radius 3 is 2.40 bits per heavy atom. The van der Waals surface area contributed by atoms with Gasteiger partial charge in [0, 0.05) is 11.1 Å². The van der Waals surface area contributed by atoms with E-state index in [0.717, 1.165) is 29.9 Å². The van der Waals surface area contributed by atoms with Gasteiger partial charge in [-0.1, -0.05) is 37.6 Å². The summed E-state index contributed by atoms with van der Waals surface area (Å²) in [4.78, 5) is 0. The summed E-state index contributed by atoms with van der Waals surface area (Å²) in [6.07, 6.45) is 5.64. The Hall–Kier alpha value is -1.90. The van der Waals surface area contributed by atoms with Gasteiger partial charge < -0.3 is 4.74 Å². The summed E-state index contributed by atoms with van der Waals surface area (Å²) in [7, 11) is 0. The minimum atomic E-state index is -0.246. The Kier molecular flexibility index (Phi) is 4.26. The average molecular weight is 342 g/mol. The maximum Gasteiger partial charge on any atom is 0.169 e. The van der Waals surface area contributed by atoms with Gasteiger partial charge >= 0.3 is 0 Å². The Balaban J connectivity index is 1.71. The van der Waals surface area contributed by atoms with Gasteiger partial charge in [-0.05, 0) is 61.1 Å². The summed E-state index contributed by atoms with van der Waals surface area (Å²) >= 11 is 0. The molecule has 1 nitrogen and oxygen atoms in total. The summed E-state index contributed by atoms with van der Waals surface area (Å²) in [5.41, 5.74) is 3.32. The van der Waals surface area contributed by atoms with Crippen LogP contribution in [0.1, 0.15) is 61.6 Å². The molecule has 0 saturated heterocycles. The van der Waals surface area contributed by atoms with Crippen molar-refractivity contribution in [3.8, 4) is 16.9 Å². The number of hydrogen-bond acceptors (Lipinski definition) is 1. The molecule has 1 saturated carbocycles. The van der Waals surface area contributed by atoms with Gasteiger partial charge in [-0.3, -0.25) is 0 Å². The molecule has 132 valence electrons. The molecule has 0 atom stereocenters. The van der Waals surface area contributed by atoms with Crippen LogP contribution in [0.2, 0.25) is 0 Å². The van der Waals surface area contributed by atoms with Gasteiger partial charge in [-0.15, -0.1) is 0 Å². The molecule has 4 rings (SSSR count). The fraction of sp³-hybridized carbons (Fsp3) is 0.455. The molecule has 2 aliphatic rings. The SMILES string of the molecule is CCC1CCC(c2ccc3c(c2F)OCc2c-3ccc(C)c2F)CC1. The first-order chi connectivity index (χ1) is 12.1. The first-order valence-electron chi connectivity index (χ1n) is 9.33. The standard InChI is InChI=1S/C22H24F2O/c1-3-14-5-7-15(8-6-14)16-10-11-18-17-9-4-13(2)20(23)19(17)12-25-22(18)21(16)24/h4,9-11,14-15H,3,5-8,12H2,1-2H3. The van der Waals surface area contributed by atoms with Crippen LogP contribution in [-0.2, 0) is 6.61 Å². The molecule has 0 spiro atoms. The lowest BCUT2D eigenvalue weighted by Gasteiger charge is -2.30. The fourth-order valence-electron chi connectivity index (χ4n) is 4.40. The molecular weight excluding hydrogens is 318 g/mol. The van der Waals surface area contributed by atoms with Crippen LogP contribution in [0.25, 0.3) is 11.1 Å². The lowest BCUT2D eigenvalue weighted by Crippen LogP contribution is -2.16. The summed E-state index contributed by atoms with van der Waals surface area (Å²) in [6.45, 7) is 4.07. The molecule has 0 unspecified atom stereocenters. The summed E-state index contributed by atoms with van der Waals surface area (Å²) < 4.78 is 35.2. The van der Waals surface area contributed by atoms with Crippen LogP contribution in [0.15, 0.2) is 24.3 Å². The zero-order valence-electron chi connectivity index (χ0n) is 14.9. The van der Waals surface area contributed by atoms with Crippen molar-refractivity contribution in [2.24, 2.45) is 5.92 Å². The first kappa shape index (κ1) is 16.6. The Labute approximate surface area is 148 Å². The predicted molar refractivity (Wildman–Crippen MR) is 95.9 cm³/mol. The van der Waals surface area contributed by atoms with Crippen LogP contribution >= 0.6 is 0 Å². The molecule has 0 N–H and O–H groups in total. The van der Waals surface area contributed by atoms with Gasteiger partial charge in [0.2, 0.25) is 0 Å². The largest absolute Gasteiger partial charge is 0.485 e. The zero-order chi connectivity index (χ0) is 17.6. The van der Waals surface area contributed by atoms with Crippen molar-refractivity contribution in [3.05, 3.63) is 52.6 Å². The highest BCUT2D eigenvalue weighted by atomic mass is 19.1. The predicted octanol–water partition coefficient (Wildman–Crippen LogP) is 6.52. The first-order valence-corrected chi connectivity index (χ1v) is 9.33. The minimum absolute atomic E-state index is 0.0960. The number of fused-ring (bicyclic) bond motifs is 3. The second-order valence-electron chi connectivity index (χ2n) is 7.48. The molecule has 0 bridgehead atoms. The number of ether oxygens (including phenoxy) is 1. The molecule has 1 fully saturated rings. The van der Waals surface area contributed by atoms with E-state index in [1.807, 2.05) is 18.2 Å². The van der Waals surface area contributed by atoms with Crippen molar-refractivity contribution in [1.82, 2.24) is 0 Å². The van der Waals surface area contributed by atoms with E-state index in [-0.39, 0.29) is 24.2 Å². The monoisotopic (exact) mass is 342 g/mol. The van der Waals surface area contributed by atoms with E-state index in [1.165, 1.54) is 19.3 Å². The smallest absolute Gasteiger partial charge is 0.169 e. The average Bonchev–Trinajstić information content (AvgIpc) is 2.65. The van der Waals surface area contributed by atoms with Crippen molar-refractivity contribution >= 4 is 0 Å². The molecule has 1 aliphatic heterocycles. The molecule has 2 aromatic carbocycles. The molecule has 2 aromatic rings. The van der Waals surface area contributed by atoms with E-state index in [2.05, 4.69) is 6.92 Å². The lowest BCUT2D eigenvalue weighted by molar-refractivity contribution is 0.274. The maximum absolute atomic E-state index is 15.2. The third kappa shape index (κ3) is 2.74. The molecule has 0 radical (unpaired) electrons. The van der Waals surface area contributed by atoms with Crippen molar-refractivity contribution in [3.63, 3.8) is 0 Å². The van der Waals surface area contributed by atoms with E-state index in [1.54, 1.807) is 13.0 Å². The highest BCUT2D eigenvalue weighted by Crippen LogP contribution is 2.45. The van der Waals surface area contributed by atoms with Gasteiger partial charge in [0.15, 0.2) is 11.6 Å². The molecule has 0 aromatic heterocycles. The molecular formula is C22H24F2O. The van der Waals surface area contributed by atoms with Crippen LogP contribution in [-0.4, -0.2) is 0 Å². The maximum atomic E-state index is 15.2. The highest BCUT2D eigenvalue weighted by Gasteiger charge is 2.29. The van der Waals surface area contributed by atoms with E-state index < -0.39 is 0 Å². The Bertz CT molecular complexity index is 804. The quantitative estimate of drug-likeness (QED) is 0.604. The zero-order valence-corrected chi connectivity index (χ0v) is 14.9. The van der Waals surface area contributed by atoms with Crippen molar-refractivity contribution in [2.45, 2.75) is 58.5 Å². The summed E-state index contributed by atoms with van der Waals surface area (Å²) in [5.74, 6) is 0.861. The number of hydrogen-bond donors (Lipinski definition) is 0. The van der Waals surface area contributed by atoms with E-state index in [0.29, 0.717) is 22.4 Å². The van der Waals surface area contributed by atoms with Crippen LogP contribution in [0.4, 0.5) is 8.78 Å². The normalized spacial score (nSPS) is 22.1. The van der Waals surface area contributed by atoms with Gasteiger partial charge in [0.1, 0.15) is 12.4 Å². The van der Waals surface area contributed by atoms with E-state index >= 15 is 4.39 Å². The third-order valence-corrected chi connectivity index (χ3v) is 6.08. The number of halogens is 2. The van der Waals surface area contributed by atoms with Gasteiger partial charge in [0.25, 0.3) is 0 Å². The third-order valence-electron chi connectivity index (χ3n) is 6.08. The molecule has 1 aliphatic carbocycles. The fourth-order valence-corrected chi connectivity index (χ4v) is 4.40. The van der Waals surface area contributed by atoms with Crippen LogP contribution in [0, 0.1) is 24.5 Å². The second kappa shape index (κ2) is 6.44. The van der Waals surface area contributed by atoms with Crippen LogP contribution < -0.4 is 4.74 Å². The van der Waals surface area contributed by atoms with E-state index in [9.17, 15) is 4.39 Å². The van der Waals surface area contributed by atoms with Crippen LogP contribution in [0.3, 0.4) is 0 Å². The second-order valence-corrected chi connectivity index (χ2v) is 7.48. The van der Waals surface area contributed by atoms with Crippen molar-refractivity contribution in [2.75, 3.05) is 0 Å². The molecule has 25 heavy (non-hydrogen) atoms. The molecule has 0 amide bonds. The van der Waals surface area contributed by atoms with Crippen LogP contribution in [0.5, 0.6) is 5.75 Å². The molecule has 3 heteroatoms. The minimum Gasteiger partial charge on any atom is -0.485 e. The van der Waals surface area contributed by atoms with Crippen molar-refractivity contribution in [1.29, 1.82) is 0 Å². The summed E-state index contributed by atoms with van der Waals surface area (Å²) in [6, 6.07) is 7.43. The van der Waals surface area contributed by atoms with Crippen molar-refractivity contribution < 1.29 is 13.5 Å². The number of rotatable bonds is 2. The van der Waals surface area contributed by atoms with Gasteiger partial charge in [-0.2, -0.15) is 0 Å². The van der Waals surface area contributed by atoms with Gasteiger partial charge in [0.05, 0.1) is 0 Å². The Morgan fingerprint density at radius 2 is 1.68 bits per heavy atom. The van der Waals surface area contributed by atoms with Gasteiger partial charge in [-0.25, -0.2) is 8.78 Å². The Morgan fingerprint density at radius 1 is 0.960 bits per heavy atom.